The van der Waals surface area contributed by atoms with Crippen LogP contribution in [0.2, 0.25) is 0 Å². The number of benzene rings is 2. The van der Waals surface area contributed by atoms with E-state index in [0.717, 1.165) is 17.0 Å². The molecule has 1 aromatic heterocycles. The van der Waals surface area contributed by atoms with Gasteiger partial charge in [0.15, 0.2) is 5.76 Å². The summed E-state index contributed by atoms with van der Waals surface area (Å²) in [6.45, 7) is 1.95. The summed E-state index contributed by atoms with van der Waals surface area (Å²) < 4.78 is 19.1. The molecule has 0 saturated heterocycles. The first-order chi connectivity index (χ1) is 10.0. The normalized spacial score (nSPS) is 10.8. The van der Waals surface area contributed by atoms with Gasteiger partial charge in [0.25, 0.3) is 5.91 Å². The second kappa shape index (κ2) is 4.94. The molecule has 0 fully saturated rings. The summed E-state index contributed by atoms with van der Waals surface area (Å²) in [5.74, 6) is -0.963. The molecule has 0 aliphatic rings. The lowest BCUT2D eigenvalue weighted by atomic mass is 10.2. The van der Waals surface area contributed by atoms with E-state index in [-0.39, 0.29) is 11.4 Å². The van der Waals surface area contributed by atoms with Gasteiger partial charge in [-0.2, -0.15) is 0 Å². The maximum Gasteiger partial charge on any atom is 0.291 e. The van der Waals surface area contributed by atoms with E-state index in [1.807, 2.05) is 19.1 Å². The lowest BCUT2D eigenvalue weighted by Crippen LogP contribution is -2.12. The molecule has 0 spiro atoms. The molecule has 0 radical (unpaired) electrons. The van der Waals surface area contributed by atoms with Crippen molar-refractivity contribution in [2.45, 2.75) is 6.92 Å². The van der Waals surface area contributed by atoms with E-state index >= 15 is 0 Å². The number of rotatable bonds is 2. The molecule has 0 saturated carbocycles. The predicted molar refractivity (Wildman–Crippen MR) is 79.7 cm³/mol. The zero-order valence-corrected chi connectivity index (χ0v) is 11.3. The maximum absolute atomic E-state index is 13.7. The highest BCUT2D eigenvalue weighted by Gasteiger charge is 2.14. The predicted octanol–water partition coefficient (Wildman–Crippen LogP) is 3.71. The number of nitrogens with one attached hydrogen (secondary N) is 1. The van der Waals surface area contributed by atoms with Crippen LogP contribution in [0.15, 0.2) is 46.9 Å². The summed E-state index contributed by atoms with van der Waals surface area (Å²) in [5.41, 5.74) is 7.50. The topological polar surface area (TPSA) is 68.3 Å². The van der Waals surface area contributed by atoms with Gasteiger partial charge in [0.05, 0.1) is 5.69 Å². The molecule has 4 nitrogen and oxygen atoms in total. The molecule has 21 heavy (non-hydrogen) atoms. The summed E-state index contributed by atoms with van der Waals surface area (Å²) in [6, 6.07) is 11.3. The van der Waals surface area contributed by atoms with Crippen molar-refractivity contribution in [3.63, 3.8) is 0 Å². The number of nitrogens with two attached hydrogens (primary N) is 1. The molecule has 0 bridgehead atoms. The van der Waals surface area contributed by atoms with Crippen LogP contribution in [0.3, 0.4) is 0 Å². The van der Waals surface area contributed by atoms with Crippen molar-refractivity contribution in [1.29, 1.82) is 0 Å². The van der Waals surface area contributed by atoms with Crippen molar-refractivity contribution in [3.05, 3.63) is 59.6 Å². The Hall–Kier alpha value is -2.82. The Morgan fingerprint density at radius 2 is 2.00 bits per heavy atom. The van der Waals surface area contributed by atoms with Gasteiger partial charge >= 0.3 is 0 Å². The Morgan fingerprint density at radius 3 is 2.76 bits per heavy atom. The van der Waals surface area contributed by atoms with Crippen LogP contribution in [-0.2, 0) is 0 Å². The van der Waals surface area contributed by atoms with Crippen LogP contribution in [0.1, 0.15) is 16.1 Å². The molecule has 1 amide bonds. The van der Waals surface area contributed by atoms with Crippen LogP contribution in [0.4, 0.5) is 15.8 Å². The van der Waals surface area contributed by atoms with E-state index in [0.29, 0.717) is 11.3 Å². The van der Waals surface area contributed by atoms with Crippen LogP contribution in [0, 0.1) is 12.7 Å². The molecule has 0 unspecified atom stereocenters. The number of hydrogen-bond acceptors (Lipinski definition) is 3. The molecular formula is C16H13FN2O2. The Kier molecular flexibility index (Phi) is 3.10. The average molecular weight is 284 g/mol. The first kappa shape index (κ1) is 13.2. The molecule has 3 aromatic rings. The third-order valence-electron chi connectivity index (χ3n) is 3.14. The van der Waals surface area contributed by atoms with Crippen molar-refractivity contribution < 1.29 is 13.6 Å². The molecule has 5 heteroatoms. The minimum atomic E-state index is -0.588. The summed E-state index contributed by atoms with van der Waals surface area (Å²) in [5, 5.41) is 3.30. The van der Waals surface area contributed by atoms with Gasteiger partial charge in [0.2, 0.25) is 0 Å². The number of halogens is 1. The van der Waals surface area contributed by atoms with Crippen LogP contribution >= 0.6 is 0 Å². The average Bonchev–Trinajstić information content (AvgIpc) is 2.85. The number of fused-ring (bicyclic) bond motifs is 1. The van der Waals surface area contributed by atoms with Gasteiger partial charge in [0.1, 0.15) is 11.4 Å². The van der Waals surface area contributed by atoms with Gasteiger partial charge in [-0.1, -0.05) is 11.6 Å². The second-order valence-corrected chi connectivity index (χ2v) is 4.85. The van der Waals surface area contributed by atoms with E-state index in [1.165, 1.54) is 12.1 Å². The maximum atomic E-state index is 13.7. The number of anilines is 2. The minimum Gasteiger partial charge on any atom is -0.451 e. The third-order valence-corrected chi connectivity index (χ3v) is 3.14. The lowest BCUT2D eigenvalue weighted by Gasteiger charge is -2.04. The van der Waals surface area contributed by atoms with Crippen molar-refractivity contribution in [2.75, 3.05) is 11.1 Å². The van der Waals surface area contributed by atoms with E-state index in [4.69, 9.17) is 10.2 Å². The number of amides is 1. The van der Waals surface area contributed by atoms with Gasteiger partial charge in [-0.15, -0.1) is 0 Å². The largest absolute Gasteiger partial charge is 0.451 e. The third kappa shape index (κ3) is 2.58. The van der Waals surface area contributed by atoms with Gasteiger partial charge in [0, 0.05) is 11.1 Å². The molecule has 1 heterocycles. The molecule has 2 aromatic carbocycles. The van der Waals surface area contributed by atoms with Crippen molar-refractivity contribution >= 4 is 28.3 Å². The Balaban J connectivity index is 1.89. The fraction of sp³-hybridized carbons (Fsp3) is 0.0625. The standard InChI is InChI=1S/C16H13FN2O2/c1-9-2-5-14-10(6-9)7-15(21-14)16(20)19-13-4-3-11(18)8-12(13)17/h2-8H,18H2,1H3,(H,19,20). The van der Waals surface area contributed by atoms with E-state index in [2.05, 4.69) is 5.32 Å². The molecule has 106 valence electrons. The van der Waals surface area contributed by atoms with Gasteiger partial charge in [-0.05, 0) is 43.3 Å². The molecule has 0 atom stereocenters. The van der Waals surface area contributed by atoms with E-state index in [1.54, 1.807) is 12.1 Å². The monoisotopic (exact) mass is 284 g/mol. The van der Waals surface area contributed by atoms with Gasteiger partial charge in [-0.25, -0.2) is 4.39 Å². The Labute approximate surface area is 120 Å². The number of hydrogen-bond donors (Lipinski definition) is 2. The highest BCUT2D eigenvalue weighted by atomic mass is 19.1. The molecule has 3 N–H and O–H groups in total. The summed E-state index contributed by atoms with van der Waals surface area (Å²) in [6.07, 6.45) is 0. The first-order valence-corrected chi connectivity index (χ1v) is 6.39. The molecule has 0 aliphatic heterocycles. The van der Waals surface area contributed by atoms with E-state index < -0.39 is 11.7 Å². The summed E-state index contributed by atoms with van der Waals surface area (Å²) in [4.78, 5) is 12.1. The number of carbonyl (C=O) groups is 1. The highest BCUT2D eigenvalue weighted by molar-refractivity contribution is 6.04. The number of nitrogen functional groups attached to an aromatic ring is 1. The zero-order chi connectivity index (χ0) is 15.0. The molecule has 0 aliphatic carbocycles. The Bertz CT molecular complexity index is 839. The van der Waals surface area contributed by atoms with Crippen molar-refractivity contribution in [1.82, 2.24) is 0 Å². The van der Waals surface area contributed by atoms with Crippen molar-refractivity contribution in [3.8, 4) is 0 Å². The lowest BCUT2D eigenvalue weighted by molar-refractivity contribution is 0.0998. The smallest absolute Gasteiger partial charge is 0.291 e. The fourth-order valence-electron chi connectivity index (χ4n) is 2.09. The van der Waals surface area contributed by atoms with Crippen molar-refractivity contribution in [2.24, 2.45) is 0 Å². The summed E-state index contributed by atoms with van der Waals surface area (Å²) >= 11 is 0. The van der Waals surface area contributed by atoms with Crippen LogP contribution in [0.5, 0.6) is 0 Å². The number of carbonyl (C=O) groups excluding carboxylic acids is 1. The zero-order valence-electron chi connectivity index (χ0n) is 11.3. The number of furan rings is 1. The van der Waals surface area contributed by atoms with Crippen LogP contribution in [0.25, 0.3) is 11.0 Å². The van der Waals surface area contributed by atoms with Gasteiger partial charge in [-0.3, -0.25) is 4.79 Å². The highest BCUT2D eigenvalue weighted by Crippen LogP contribution is 2.22. The molecule has 3 rings (SSSR count). The summed E-state index contributed by atoms with van der Waals surface area (Å²) in [7, 11) is 0. The Morgan fingerprint density at radius 1 is 1.19 bits per heavy atom. The van der Waals surface area contributed by atoms with E-state index in [9.17, 15) is 9.18 Å². The minimum absolute atomic E-state index is 0.0610. The molecular weight excluding hydrogens is 271 g/mol. The second-order valence-electron chi connectivity index (χ2n) is 4.85. The first-order valence-electron chi connectivity index (χ1n) is 6.39. The fourth-order valence-corrected chi connectivity index (χ4v) is 2.09. The van der Waals surface area contributed by atoms with Gasteiger partial charge < -0.3 is 15.5 Å². The number of aryl methyl sites for hydroxylation is 1. The SMILES string of the molecule is Cc1ccc2oc(C(=O)Nc3ccc(N)cc3F)cc2c1. The quantitative estimate of drug-likeness (QED) is 0.705. The van der Waals surface area contributed by atoms with Crippen LogP contribution in [-0.4, -0.2) is 5.91 Å². The van der Waals surface area contributed by atoms with Crippen LogP contribution < -0.4 is 11.1 Å².